The third kappa shape index (κ3) is 2.53. The van der Waals surface area contributed by atoms with Crippen molar-refractivity contribution in [3.05, 3.63) is 64.3 Å². The summed E-state index contributed by atoms with van der Waals surface area (Å²) in [5.74, 6) is -0.139. The Balaban J connectivity index is 1.81. The second-order valence-corrected chi connectivity index (χ2v) is 5.77. The normalized spacial score (nSPS) is 10.7. The Bertz CT molecular complexity index is 755. The number of H-pyrrole nitrogens is 1. The summed E-state index contributed by atoms with van der Waals surface area (Å²) < 4.78 is 1.02. The van der Waals surface area contributed by atoms with Gasteiger partial charge in [-0.3, -0.25) is 4.79 Å². The molecular formula is C15H12ClN2OS+. The zero-order valence-corrected chi connectivity index (χ0v) is 12.1. The number of rotatable bonds is 3. The van der Waals surface area contributed by atoms with Crippen molar-refractivity contribution >= 4 is 38.9 Å². The Labute approximate surface area is 125 Å². The van der Waals surface area contributed by atoms with Gasteiger partial charge in [-0.2, -0.15) is 0 Å². The van der Waals surface area contributed by atoms with Crippen LogP contribution < -0.4 is 10.3 Å². The largest absolute Gasteiger partial charge is 0.347 e. The number of nitrogens with one attached hydrogen (secondary N) is 2. The van der Waals surface area contributed by atoms with Gasteiger partial charge in [0.15, 0.2) is 12.4 Å². The molecule has 1 amide bonds. The van der Waals surface area contributed by atoms with E-state index in [1.54, 1.807) is 0 Å². The monoisotopic (exact) mass is 303 g/mol. The molecule has 2 N–H and O–H groups in total. The minimum Gasteiger partial charge on any atom is -0.347 e. The van der Waals surface area contributed by atoms with Gasteiger partial charge in [-0.25, -0.2) is 4.98 Å². The van der Waals surface area contributed by atoms with Crippen molar-refractivity contribution in [2.24, 2.45) is 0 Å². The molecule has 0 saturated carbocycles. The molecule has 0 aliphatic rings. The van der Waals surface area contributed by atoms with Crippen molar-refractivity contribution < 1.29 is 9.78 Å². The molecule has 3 nitrogen and oxygen atoms in total. The number of hydrogen-bond acceptors (Lipinski definition) is 2. The van der Waals surface area contributed by atoms with Crippen LogP contribution in [0.4, 0.5) is 0 Å². The van der Waals surface area contributed by atoms with Gasteiger partial charge in [0, 0.05) is 28.3 Å². The number of carbonyl (C=O) groups excluding carboxylic acids is 1. The SMILES string of the molecule is O=C(NCc1ccc[nH+]c1)c1sc2ccccc2c1Cl. The number of halogens is 1. The summed E-state index contributed by atoms with van der Waals surface area (Å²) in [5.41, 5.74) is 1.01. The smallest absolute Gasteiger partial charge is 0.263 e. The van der Waals surface area contributed by atoms with Crippen LogP contribution in [-0.2, 0) is 6.54 Å². The molecule has 0 radical (unpaired) electrons. The summed E-state index contributed by atoms with van der Waals surface area (Å²) in [4.78, 5) is 15.8. The van der Waals surface area contributed by atoms with Gasteiger partial charge in [-0.15, -0.1) is 11.3 Å². The fourth-order valence-corrected chi connectivity index (χ4v) is 3.40. The van der Waals surface area contributed by atoms with Gasteiger partial charge in [-0.05, 0) is 12.1 Å². The molecule has 1 aromatic carbocycles. The molecule has 0 aliphatic carbocycles. The van der Waals surface area contributed by atoms with E-state index in [1.807, 2.05) is 48.8 Å². The maximum absolute atomic E-state index is 12.2. The van der Waals surface area contributed by atoms with Crippen molar-refractivity contribution in [1.82, 2.24) is 5.32 Å². The first-order valence-corrected chi connectivity index (χ1v) is 7.35. The first-order valence-electron chi connectivity index (χ1n) is 6.16. The van der Waals surface area contributed by atoms with Crippen LogP contribution in [0, 0.1) is 0 Å². The van der Waals surface area contributed by atoms with E-state index in [1.165, 1.54) is 11.3 Å². The highest BCUT2D eigenvalue weighted by molar-refractivity contribution is 7.21. The summed E-state index contributed by atoms with van der Waals surface area (Å²) in [6.07, 6.45) is 3.68. The molecule has 2 heterocycles. The number of pyridine rings is 1. The first kappa shape index (κ1) is 13.1. The molecular weight excluding hydrogens is 292 g/mol. The lowest BCUT2D eigenvalue weighted by Gasteiger charge is -2.02. The molecule has 0 fully saturated rings. The predicted molar refractivity (Wildman–Crippen MR) is 81.0 cm³/mol. The summed E-state index contributed by atoms with van der Waals surface area (Å²) in [6.45, 7) is 0.473. The quantitative estimate of drug-likeness (QED) is 0.792. The Morgan fingerprint density at radius 1 is 1.25 bits per heavy atom. The zero-order chi connectivity index (χ0) is 13.9. The highest BCUT2D eigenvalue weighted by atomic mass is 35.5. The number of hydrogen-bond donors (Lipinski definition) is 1. The van der Waals surface area contributed by atoms with E-state index >= 15 is 0 Å². The number of aromatic nitrogens is 1. The molecule has 0 saturated heterocycles. The lowest BCUT2D eigenvalue weighted by Crippen LogP contribution is -2.22. The van der Waals surface area contributed by atoms with Crippen LogP contribution in [0.15, 0.2) is 48.8 Å². The molecule has 0 spiro atoms. The minimum absolute atomic E-state index is 0.139. The van der Waals surface area contributed by atoms with E-state index in [4.69, 9.17) is 11.6 Å². The molecule has 5 heteroatoms. The van der Waals surface area contributed by atoms with E-state index in [-0.39, 0.29) is 5.91 Å². The van der Waals surface area contributed by atoms with Gasteiger partial charge < -0.3 is 5.32 Å². The number of fused-ring (bicyclic) bond motifs is 1. The van der Waals surface area contributed by atoms with Crippen molar-refractivity contribution in [1.29, 1.82) is 0 Å². The van der Waals surface area contributed by atoms with E-state index in [0.29, 0.717) is 16.4 Å². The summed E-state index contributed by atoms with van der Waals surface area (Å²) in [6, 6.07) is 11.6. The van der Waals surface area contributed by atoms with Gasteiger partial charge in [0.25, 0.3) is 5.91 Å². The topological polar surface area (TPSA) is 43.2 Å². The molecule has 0 unspecified atom stereocenters. The molecule has 100 valence electrons. The molecule has 20 heavy (non-hydrogen) atoms. The van der Waals surface area contributed by atoms with Crippen molar-refractivity contribution in [2.45, 2.75) is 6.54 Å². The fourth-order valence-electron chi connectivity index (χ4n) is 1.96. The van der Waals surface area contributed by atoms with Crippen LogP contribution in [0.2, 0.25) is 5.02 Å². The minimum atomic E-state index is -0.139. The second kappa shape index (κ2) is 5.61. The van der Waals surface area contributed by atoms with Crippen LogP contribution in [0.25, 0.3) is 10.1 Å². The second-order valence-electron chi connectivity index (χ2n) is 4.34. The van der Waals surface area contributed by atoms with Gasteiger partial charge in [0.1, 0.15) is 4.88 Å². The Morgan fingerprint density at radius 3 is 2.85 bits per heavy atom. The number of benzene rings is 1. The average molecular weight is 304 g/mol. The van der Waals surface area contributed by atoms with Crippen LogP contribution in [0.3, 0.4) is 0 Å². The third-order valence-electron chi connectivity index (χ3n) is 2.97. The molecule has 0 atom stereocenters. The van der Waals surface area contributed by atoms with Crippen molar-refractivity contribution in [3.63, 3.8) is 0 Å². The van der Waals surface area contributed by atoms with E-state index in [9.17, 15) is 4.79 Å². The zero-order valence-electron chi connectivity index (χ0n) is 10.5. The predicted octanol–water partition coefficient (Wildman–Crippen LogP) is 3.30. The number of amides is 1. The van der Waals surface area contributed by atoms with E-state index in [2.05, 4.69) is 10.3 Å². The highest BCUT2D eigenvalue weighted by Gasteiger charge is 2.16. The van der Waals surface area contributed by atoms with Crippen LogP contribution in [-0.4, -0.2) is 5.91 Å². The Morgan fingerprint density at radius 2 is 2.10 bits per heavy atom. The molecule has 0 aliphatic heterocycles. The number of thiophene rings is 1. The summed E-state index contributed by atoms with van der Waals surface area (Å²) in [5, 5.41) is 4.34. The van der Waals surface area contributed by atoms with Gasteiger partial charge in [0.2, 0.25) is 0 Å². The summed E-state index contributed by atoms with van der Waals surface area (Å²) >= 11 is 7.69. The first-order chi connectivity index (χ1) is 9.75. The highest BCUT2D eigenvalue weighted by Crippen LogP contribution is 2.34. The maximum atomic E-state index is 12.2. The molecule has 3 aromatic rings. The number of carbonyl (C=O) groups is 1. The lowest BCUT2D eigenvalue weighted by atomic mass is 10.2. The molecule has 3 rings (SSSR count). The molecule has 0 bridgehead atoms. The fraction of sp³-hybridized carbons (Fsp3) is 0.0667. The molecule has 2 aromatic heterocycles. The van der Waals surface area contributed by atoms with Gasteiger partial charge in [0.05, 0.1) is 5.02 Å². The number of aromatic amines is 1. The van der Waals surface area contributed by atoms with Crippen molar-refractivity contribution in [3.8, 4) is 0 Å². The van der Waals surface area contributed by atoms with E-state index in [0.717, 1.165) is 15.6 Å². The van der Waals surface area contributed by atoms with Crippen molar-refractivity contribution in [2.75, 3.05) is 0 Å². The van der Waals surface area contributed by atoms with Crippen LogP contribution in [0.1, 0.15) is 15.2 Å². The Kier molecular flexibility index (Phi) is 3.67. The third-order valence-corrected chi connectivity index (χ3v) is 4.64. The van der Waals surface area contributed by atoms with Crippen LogP contribution in [0.5, 0.6) is 0 Å². The summed E-state index contributed by atoms with van der Waals surface area (Å²) in [7, 11) is 0. The van der Waals surface area contributed by atoms with Gasteiger partial charge in [-0.1, -0.05) is 29.8 Å². The standard InChI is InChI=1S/C15H11ClN2OS/c16-13-11-5-1-2-6-12(11)20-14(13)15(19)18-9-10-4-3-7-17-8-10/h1-8H,9H2,(H,18,19)/p+1. The van der Waals surface area contributed by atoms with E-state index < -0.39 is 0 Å². The van der Waals surface area contributed by atoms with Crippen LogP contribution >= 0.6 is 22.9 Å². The Hall–Kier alpha value is -1.91. The lowest BCUT2D eigenvalue weighted by molar-refractivity contribution is -0.378. The van der Waals surface area contributed by atoms with Gasteiger partial charge >= 0.3 is 0 Å². The maximum Gasteiger partial charge on any atom is 0.263 e. The average Bonchev–Trinajstić information content (AvgIpc) is 2.84.